The Balaban J connectivity index is 1.86. The number of aryl methyl sites for hydroxylation is 2. The highest BCUT2D eigenvalue weighted by atomic mass is 16.5. The molecule has 150 valence electrons. The molecule has 0 aliphatic rings. The predicted molar refractivity (Wildman–Crippen MR) is 114 cm³/mol. The van der Waals surface area contributed by atoms with Gasteiger partial charge in [-0.15, -0.1) is 0 Å². The molecule has 0 amide bonds. The number of carboxylic acid groups (broad SMARTS) is 1. The van der Waals surface area contributed by atoms with Gasteiger partial charge >= 0.3 is 5.97 Å². The van der Waals surface area contributed by atoms with Gasteiger partial charge in [-0.05, 0) is 65.8 Å². The van der Waals surface area contributed by atoms with Gasteiger partial charge in [0.25, 0.3) is 0 Å². The van der Waals surface area contributed by atoms with E-state index in [-0.39, 0.29) is 13.2 Å². The van der Waals surface area contributed by atoms with Crippen molar-refractivity contribution in [3.05, 3.63) is 89.0 Å². The fourth-order valence-corrected chi connectivity index (χ4v) is 3.71. The zero-order chi connectivity index (χ0) is 20.8. The third kappa shape index (κ3) is 5.04. The van der Waals surface area contributed by atoms with Crippen LogP contribution in [-0.4, -0.2) is 29.4 Å². The van der Waals surface area contributed by atoms with Crippen LogP contribution in [0, 0.1) is 13.8 Å². The normalized spacial score (nSPS) is 11.8. The maximum absolute atomic E-state index is 11.9. The third-order valence-electron chi connectivity index (χ3n) is 5.05. The highest BCUT2D eigenvalue weighted by Crippen LogP contribution is 2.32. The van der Waals surface area contributed by atoms with Crippen molar-refractivity contribution in [2.45, 2.75) is 26.2 Å². The molecule has 0 spiro atoms. The van der Waals surface area contributed by atoms with E-state index in [0.29, 0.717) is 6.42 Å². The highest BCUT2D eigenvalue weighted by molar-refractivity contribution is 5.78. The molecule has 0 aromatic heterocycles. The summed E-state index contributed by atoms with van der Waals surface area (Å²) in [5, 5.41) is 18.7. The molecule has 1 atom stereocenters. The second-order valence-corrected chi connectivity index (χ2v) is 7.21. The Kier molecular flexibility index (Phi) is 6.68. The molecule has 0 bridgehead atoms. The highest BCUT2D eigenvalue weighted by Gasteiger charge is 2.20. The van der Waals surface area contributed by atoms with Crippen LogP contribution in [0.15, 0.2) is 66.7 Å². The number of aliphatic hydroxyl groups excluding tert-OH is 1. The molecule has 1 unspecified atom stereocenters. The summed E-state index contributed by atoms with van der Waals surface area (Å²) in [5.41, 5.74) is 6.11. The second-order valence-electron chi connectivity index (χ2n) is 7.21. The van der Waals surface area contributed by atoms with Crippen LogP contribution in [0.3, 0.4) is 0 Å². The van der Waals surface area contributed by atoms with Crippen LogP contribution in [-0.2, 0) is 11.2 Å². The van der Waals surface area contributed by atoms with Crippen molar-refractivity contribution in [3.63, 3.8) is 0 Å². The van der Waals surface area contributed by atoms with Crippen LogP contribution >= 0.6 is 0 Å². The lowest BCUT2D eigenvalue weighted by atomic mass is 9.89. The van der Waals surface area contributed by atoms with Gasteiger partial charge in [0.05, 0.1) is 12.5 Å². The Morgan fingerprint density at radius 3 is 2.14 bits per heavy atom. The molecule has 0 fully saturated rings. The molecule has 3 aromatic carbocycles. The summed E-state index contributed by atoms with van der Waals surface area (Å²) in [4.78, 5) is 11.9. The van der Waals surface area contributed by atoms with E-state index < -0.39 is 11.9 Å². The summed E-state index contributed by atoms with van der Waals surface area (Å²) in [6.07, 6.45) is 0.463. The molecular formula is C25H26O4. The van der Waals surface area contributed by atoms with Gasteiger partial charge in [-0.2, -0.15) is 0 Å². The van der Waals surface area contributed by atoms with Gasteiger partial charge in [0.2, 0.25) is 0 Å². The first-order chi connectivity index (χ1) is 14.0. The van der Waals surface area contributed by atoms with Gasteiger partial charge in [-0.3, -0.25) is 4.79 Å². The quantitative estimate of drug-likeness (QED) is 0.582. The maximum Gasteiger partial charge on any atom is 0.311 e. The van der Waals surface area contributed by atoms with Crippen LogP contribution in [0.1, 0.15) is 28.2 Å². The van der Waals surface area contributed by atoms with Crippen LogP contribution in [0.25, 0.3) is 11.1 Å². The molecule has 3 aromatic rings. The maximum atomic E-state index is 11.9. The molecule has 4 nitrogen and oxygen atoms in total. The van der Waals surface area contributed by atoms with E-state index in [1.807, 2.05) is 80.6 Å². The van der Waals surface area contributed by atoms with Gasteiger partial charge in [0.1, 0.15) is 12.4 Å². The lowest BCUT2D eigenvalue weighted by Crippen LogP contribution is -2.14. The van der Waals surface area contributed by atoms with E-state index in [2.05, 4.69) is 0 Å². The van der Waals surface area contributed by atoms with Crippen molar-refractivity contribution < 1.29 is 19.7 Å². The minimum Gasteiger partial charge on any atom is -0.491 e. The molecule has 0 aliphatic heterocycles. The van der Waals surface area contributed by atoms with E-state index in [0.717, 1.165) is 39.1 Å². The molecule has 4 heteroatoms. The van der Waals surface area contributed by atoms with Gasteiger partial charge in [0.15, 0.2) is 0 Å². The zero-order valence-corrected chi connectivity index (χ0v) is 16.8. The number of aliphatic hydroxyl groups is 1. The molecule has 3 rings (SSSR count). The first-order valence-electron chi connectivity index (χ1n) is 9.71. The van der Waals surface area contributed by atoms with Crippen LogP contribution in [0.5, 0.6) is 5.75 Å². The van der Waals surface area contributed by atoms with Gasteiger partial charge in [-0.25, -0.2) is 0 Å². The van der Waals surface area contributed by atoms with Crippen LogP contribution < -0.4 is 4.74 Å². The van der Waals surface area contributed by atoms with Crippen molar-refractivity contribution in [1.82, 2.24) is 0 Å². The van der Waals surface area contributed by atoms with E-state index >= 15 is 0 Å². The number of carboxylic acids is 1. The molecule has 0 heterocycles. The number of rotatable bonds is 8. The summed E-state index contributed by atoms with van der Waals surface area (Å²) in [6.45, 7) is 4.30. The van der Waals surface area contributed by atoms with Crippen molar-refractivity contribution in [2.75, 3.05) is 13.2 Å². The summed E-state index contributed by atoms with van der Waals surface area (Å²) >= 11 is 0. The first kappa shape index (κ1) is 20.6. The molecule has 0 saturated carbocycles. The summed E-state index contributed by atoms with van der Waals surface area (Å²) < 4.78 is 5.53. The van der Waals surface area contributed by atoms with E-state index in [1.54, 1.807) is 0 Å². The minimum atomic E-state index is -0.820. The number of benzene rings is 3. The SMILES string of the molecule is Cc1cc(OCCO)cc(C)c1-c1ccc(C(Cc2ccccc2)C(=O)O)cc1. The Bertz CT molecular complexity index is 939. The number of ether oxygens (including phenoxy) is 1. The average Bonchev–Trinajstić information content (AvgIpc) is 2.71. The van der Waals surface area contributed by atoms with Crippen molar-refractivity contribution in [3.8, 4) is 16.9 Å². The number of carbonyl (C=O) groups is 1. The fourth-order valence-electron chi connectivity index (χ4n) is 3.71. The van der Waals surface area contributed by atoms with Gasteiger partial charge in [-0.1, -0.05) is 54.6 Å². The smallest absolute Gasteiger partial charge is 0.311 e. The van der Waals surface area contributed by atoms with Crippen LogP contribution in [0.2, 0.25) is 0 Å². The molecule has 2 N–H and O–H groups in total. The monoisotopic (exact) mass is 390 g/mol. The molecular weight excluding hydrogens is 364 g/mol. The van der Waals surface area contributed by atoms with Crippen LogP contribution in [0.4, 0.5) is 0 Å². The van der Waals surface area contributed by atoms with Crippen molar-refractivity contribution >= 4 is 5.97 Å². The lowest BCUT2D eigenvalue weighted by Gasteiger charge is -2.16. The fraction of sp³-hybridized carbons (Fsp3) is 0.240. The largest absolute Gasteiger partial charge is 0.491 e. The predicted octanol–water partition coefficient (Wildman–Crippen LogP) is 4.75. The molecule has 0 saturated heterocycles. The minimum absolute atomic E-state index is 0.0188. The third-order valence-corrected chi connectivity index (χ3v) is 5.05. The molecule has 0 aliphatic carbocycles. The Morgan fingerprint density at radius 2 is 1.59 bits per heavy atom. The van der Waals surface area contributed by atoms with E-state index in [1.165, 1.54) is 0 Å². The lowest BCUT2D eigenvalue weighted by molar-refractivity contribution is -0.138. The average molecular weight is 390 g/mol. The standard InChI is InChI=1S/C25H26O4/c1-17-14-22(29-13-12-26)15-18(2)24(17)21-10-8-20(9-11-21)23(25(27)28)16-19-6-4-3-5-7-19/h3-11,14-15,23,26H,12-13,16H2,1-2H3,(H,27,28). The molecule has 0 radical (unpaired) electrons. The Hall–Kier alpha value is -3.11. The Morgan fingerprint density at radius 1 is 0.966 bits per heavy atom. The van der Waals surface area contributed by atoms with Gasteiger partial charge in [0, 0.05) is 0 Å². The number of aliphatic carboxylic acids is 1. The Labute approximate surface area is 171 Å². The van der Waals surface area contributed by atoms with E-state index in [9.17, 15) is 9.90 Å². The zero-order valence-electron chi connectivity index (χ0n) is 16.8. The second kappa shape index (κ2) is 9.39. The van der Waals surface area contributed by atoms with Crippen molar-refractivity contribution in [2.24, 2.45) is 0 Å². The summed E-state index contributed by atoms with van der Waals surface area (Å²) in [5.74, 6) is -0.662. The number of hydrogen-bond acceptors (Lipinski definition) is 3. The van der Waals surface area contributed by atoms with Gasteiger partial charge < -0.3 is 14.9 Å². The first-order valence-corrected chi connectivity index (χ1v) is 9.71. The molecule has 29 heavy (non-hydrogen) atoms. The number of hydrogen-bond donors (Lipinski definition) is 2. The van der Waals surface area contributed by atoms with Crippen molar-refractivity contribution in [1.29, 1.82) is 0 Å². The summed E-state index contributed by atoms with van der Waals surface area (Å²) in [7, 11) is 0. The van der Waals surface area contributed by atoms with E-state index in [4.69, 9.17) is 9.84 Å². The topological polar surface area (TPSA) is 66.8 Å². The summed E-state index contributed by atoms with van der Waals surface area (Å²) in [6, 6.07) is 21.4.